The highest BCUT2D eigenvalue weighted by Gasteiger charge is 2.13. The predicted octanol–water partition coefficient (Wildman–Crippen LogP) is 4.84. The second kappa shape index (κ2) is 7.17. The number of nitrogens with one attached hydrogen (secondary N) is 1. The molecule has 0 aliphatic heterocycles. The highest BCUT2D eigenvalue weighted by molar-refractivity contribution is 9.10. The Labute approximate surface area is 114 Å². The molecule has 0 fully saturated rings. The maximum atomic E-state index is 3.60. The summed E-state index contributed by atoms with van der Waals surface area (Å²) in [5.41, 5.74) is 2.81. The average Bonchev–Trinajstić information content (AvgIpc) is 2.24. The van der Waals surface area contributed by atoms with E-state index < -0.39 is 0 Å². The van der Waals surface area contributed by atoms with Crippen molar-refractivity contribution in [2.45, 2.75) is 46.6 Å². The number of rotatable bonds is 6. The summed E-state index contributed by atoms with van der Waals surface area (Å²) in [6.07, 6.45) is 2.49. The first kappa shape index (κ1) is 14.7. The standard InChI is InChI=1S/C15H24BrN/c1-5-17-15(9-6-11(2)3)14-8-7-13(16)10-12(14)4/h7-8,10-11,15,17H,5-6,9H2,1-4H3. The topological polar surface area (TPSA) is 12.0 Å². The minimum atomic E-state index is 0.496. The molecule has 1 aromatic rings. The van der Waals surface area contributed by atoms with E-state index >= 15 is 0 Å². The molecule has 1 rings (SSSR count). The lowest BCUT2D eigenvalue weighted by molar-refractivity contribution is 0.447. The molecule has 0 saturated heterocycles. The summed E-state index contributed by atoms with van der Waals surface area (Å²) in [7, 11) is 0. The fraction of sp³-hybridized carbons (Fsp3) is 0.600. The molecule has 0 aliphatic carbocycles. The van der Waals surface area contributed by atoms with E-state index in [2.05, 4.69) is 67.1 Å². The van der Waals surface area contributed by atoms with E-state index in [1.54, 1.807) is 0 Å². The van der Waals surface area contributed by atoms with Gasteiger partial charge in [-0.15, -0.1) is 0 Å². The number of hydrogen-bond acceptors (Lipinski definition) is 1. The van der Waals surface area contributed by atoms with Crippen molar-refractivity contribution in [2.75, 3.05) is 6.54 Å². The molecular formula is C15H24BrN. The summed E-state index contributed by atoms with van der Waals surface area (Å²) < 4.78 is 1.16. The highest BCUT2D eigenvalue weighted by Crippen LogP contribution is 2.26. The van der Waals surface area contributed by atoms with E-state index in [1.165, 1.54) is 24.0 Å². The molecule has 0 aromatic heterocycles. The van der Waals surface area contributed by atoms with Crippen LogP contribution in [0.2, 0.25) is 0 Å². The van der Waals surface area contributed by atoms with Gasteiger partial charge >= 0.3 is 0 Å². The molecule has 1 nitrogen and oxygen atoms in total. The Morgan fingerprint density at radius 2 is 1.94 bits per heavy atom. The van der Waals surface area contributed by atoms with E-state index in [4.69, 9.17) is 0 Å². The van der Waals surface area contributed by atoms with Gasteiger partial charge in [0.25, 0.3) is 0 Å². The van der Waals surface area contributed by atoms with Crippen LogP contribution < -0.4 is 5.32 Å². The zero-order valence-corrected chi connectivity index (χ0v) is 13.0. The van der Waals surface area contributed by atoms with Crippen LogP contribution in [0.5, 0.6) is 0 Å². The molecule has 0 radical (unpaired) electrons. The fourth-order valence-electron chi connectivity index (χ4n) is 2.14. The van der Waals surface area contributed by atoms with E-state index in [-0.39, 0.29) is 0 Å². The summed E-state index contributed by atoms with van der Waals surface area (Å²) >= 11 is 3.53. The molecule has 1 aromatic carbocycles. The van der Waals surface area contributed by atoms with Gasteiger partial charge in [0.15, 0.2) is 0 Å². The minimum absolute atomic E-state index is 0.496. The second-order valence-corrected chi connectivity index (χ2v) is 6.00. The lowest BCUT2D eigenvalue weighted by atomic mass is 9.94. The van der Waals surface area contributed by atoms with E-state index in [0.717, 1.165) is 16.9 Å². The van der Waals surface area contributed by atoms with Gasteiger partial charge in [-0.3, -0.25) is 0 Å². The van der Waals surface area contributed by atoms with Gasteiger partial charge in [0.05, 0.1) is 0 Å². The molecule has 96 valence electrons. The van der Waals surface area contributed by atoms with Gasteiger partial charge in [-0.05, 0) is 55.5 Å². The Morgan fingerprint density at radius 3 is 2.47 bits per heavy atom. The van der Waals surface area contributed by atoms with Crippen molar-refractivity contribution in [1.29, 1.82) is 0 Å². The van der Waals surface area contributed by atoms with Crippen LogP contribution in [0.25, 0.3) is 0 Å². The molecule has 1 atom stereocenters. The smallest absolute Gasteiger partial charge is 0.0322 e. The maximum absolute atomic E-state index is 3.60. The number of hydrogen-bond donors (Lipinski definition) is 1. The van der Waals surface area contributed by atoms with Gasteiger partial charge in [-0.1, -0.05) is 42.8 Å². The van der Waals surface area contributed by atoms with Crippen LogP contribution >= 0.6 is 15.9 Å². The molecule has 0 heterocycles. The molecule has 1 N–H and O–H groups in total. The fourth-order valence-corrected chi connectivity index (χ4v) is 2.62. The van der Waals surface area contributed by atoms with E-state index in [1.807, 2.05) is 0 Å². The molecule has 17 heavy (non-hydrogen) atoms. The monoisotopic (exact) mass is 297 g/mol. The molecule has 1 unspecified atom stereocenters. The quantitative estimate of drug-likeness (QED) is 0.792. The predicted molar refractivity (Wildman–Crippen MR) is 79.4 cm³/mol. The molecule has 0 amide bonds. The normalized spacial score (nSPS) is 13.1. The van der Waals surface area contributed by atoms with Gasteiger partial charge in [0.1, 0.15) is 0 Å². The van der Waals surface area contributed by atoms with Crippen LogP contribution in [0.4, 0.5) is 0 Å². The van der Waals surface area contributed by atoms with Gasteiger partial charge in [0, 0.05) is 10.5 Å². The lowest BCUT2D eigenvalue weighted by Gasteiger charge is -2.21. The summed E-state index contributed by atoms with van der Waals surface area (Å²) in [5, 5.41) is 3.60. The Morgan fingerprint density at radius 1 is 1.24 bits per heavy atom. The first-order valence-corrected chi connectivity index (χ1v) is 7.33. The van der Waals surface area contributed by atoms with Crippen molar-refractivity contribution >= 4 is 15.9 Å². The van der Waals surface area contributed by atoms with Crippen LogP contribution in [-0.4, -0.2) is 6.54 Å². The average molecular weight is 298 g/mol. The van der Waals surface area contributed by atoms with Gasteiger partial charge in [-0.2, -0.15) is 0 Å². The molecule has 0 aliphatic rings. The number of benzene rings is 1. The molecule has 0 spiro atoms. The third kappa shape index (κ3) is 4.81. The minimum Gasteiger partial charge on any atom is -0.310 e. The Kier molecular flexibility index (Phi) is 6.21. The molecule has 2 heteroatoms. The summed E-state index contributed by atoms with van der Waals surface area (Å²) in [6, 6.07) is 7.08. The van der Waals surface area contributed by atoms with Crippen molar-refractivity contribution < 1.29 is 0 Å². The summed E-state index contributed by atoms with van der Waals surface area (Å²) in [6.45, 7) is 9.98. The van der Waals surface area contributed by atoms with Crippen LogP contribution in [-0.2, 0) is 0 Å². The summed E-state index contributed by atoms with van der Waals surface area (Å²) in [4.78, 5) is 0. The van der Waals surface area contributed by atoms with Gasteiger partial charge < -0.3 is 5.32 Å². The van der Waals surface area contributed by atoms with Crippen molar-refractivity contribution in [3.63, 3.8) is 0 Å². The van der Waals surface area contributed by atoms with E-state index in [9.17, 15) is 0 Å². The van der Waals surface area contributed by atoms with Crippen LogP contribution in [0.1, 0.15) is 50.8 Å². The van der Waals surface area contributed by atoms with Crippen molar-refractivity contribution in [2.24, 2.45) is 5.92 Å². The van der Waals surface area contributed by atoms with Crippen molar-refractivity contribution in [3.05, 3.63) is 33.8 Å². The number of aryl methyl sites for hydroxylation is 1. The first-order chi connectivity index (χ1) is 8.04. The first-order valence-electron chi connectivity index (χ1n) is 6.54. The SMILES string of the molecule is CCNC(CCC(C)C)c1ccc(Br)cc1C. The van der Waals surface area contributed by atoms with E-state index in [0.29, 0.717) is 6.04 Å². The zero-order valence-electron chi connectivity index (χ0n) is 11.4. The summed E-state index contributed by atoms with van der Waals surface area (Å²) in [5.74, 6) is 0.770. The molecular weight excluding hydrogens is 274 g/mol. The second-order valence-electron chi connectivity index (χ2n) is 5.08. The Balaban J connectivity index is 2.81. The Bertz CT molecular complexity index is 347. The maximum Gasteiger partial charge on any atom is 0.0322 e. The highest BCUT2D eigenvalue weighted by atomic mass is 79.9. The molecule has 0 saturated carbocycles. The Hall–Kier alpha value is -0.340. The van der Waals surface area contributed by atoms with Gasteiger partial charge in [0.2, 0.25) is 0 Å². The largest absolute Gasteiger partial charge is 0.310 e. The number of halogens is 1. The zero-order chi connectivity index (χ0) is 12.8. The van der Waals surface area contributed by atoms with Crippen LogP contribution in [0, 0.1) is 12.8 Å². The third-order valence-corrected chi connectivity index (χ3v) is 3.58. The van der Waals surface area contributed by atoms with Crippen molar-refractivity contribution in [1.82, 2.24) is 5.32 Å². The van der Waals surface area contributed by atoms with Crippen LogP contribution in [0.15, 0.2) is 22.7 Å². The molecule has 0 bridgehead atoms. The van der Waals surface area contributed by atoms with Gasteiger partial charge in [-0.25, -0.2) is 0 Å². The van der Waals surface area contributed by atoms with Crippen molar-refractivity contribution in [3.8, 4) is 0 Å². The third-order valence-electron chi connectivity index (χ3n) is 3.09. The van der Waals surface area contributed by atoms with Crippen LogP contribution in [0.3, 0.4) is 0 Å². The lowest BCUT2D eigenvalue weighted by Crippen LogP contribution is -2.22.